The van der Waals surface area contributed by atoms with Gasteiger partial charge in [-0.1, -0.05) is 31.4 Å². The summed E-state index contributed by atoms with van der Waals surface area (Å²) in [5.41, 5.74) is 3.68. The molecule has 0 saturated heterocycles. The molecule has 1 unspecified atom stereocenters. The van der Waals surface area contributed by atoms with Gasteiger partial charge in [-0.2, -0.15) is 5.10 Å². The molecule has 2 aliphatic rings. The second-order valence-electron chi connectivity index (χ2n) is 7.32. The zero-order chi connectivity index (χ0) is 16.0. The lowest BCUT2D eigenvalue weighted by Crippen LogP contribution is -2.19. The van der Waals surface area contributed by atoms with Gasteiger partial charge in [-0.25, -0.2) is 9.37 Å². The zero-order valence-corrected chi connectivity index (χ0v) is 14.1. The number of hydrogen-bond acceptors (Lipinski definition) is 2. The molecule has 2 heterocycles. The highest BCUT2D eigenvalue weighted by molar-refractivity contribution is 6.32. The third kappa shape index (κ3) is 2.78. The average molecular weight is 334 g/mol. The number of rotatable bonds is 3. The van der Waals surface area contributed by atoms with Crippen LogP contribution in [0.2, 0.25) is 5.15 Å². The molecular weight excluding hydrogens is 313 g/mol. The summed E-state index contributed by atoms with van der Waals surface area (Å²) in [6.07, 6.45) is 9.32. The quantitative estimate of drug-likeness (QED) is 0.728. The number of pyridine rings is 1. The Labute approximate surface area is 140 Å². The van der Waals surface area contributed by atoms with Gasteiger partial charge < -0.3 is 0 Å². The highest BCUT2D eigenvalue weighted by Gasteiger charge is 2.30. The Kier molecular flexibility index (Phi) is 3.67. The molecule has 0 aliphatic heterocycles. The minimum Gasteiger partial charge on any atom is -0.272 e. The van der Waals surface area contributed by atoms with Crippen LogP contribution in [0.15, 0.2) is 18.5 Å². The molecule has 1 saturated carbocycles. The van der Waals surface area contributed by atoms with Crippen molar-refractivity contribution >= 4 is 11.6 Å². The molecule has 0 spiro atoms. The van der Waals surface area contributed by atoms with Gasteiger partial charge in [0.1, 0.15) is 11.3 Å². The Bertz CT molecular complexity index is 734. The van der Waals surface area contributed by atoms with Crippen molar-refractivity contribution in [2.75, 3.05) is 0 Å². The van der Waals surface area contributed by atoms with Crippen molar-refractivity contribution in [3.8, 4) is 11.1 Å². The Hall–Kier alpha value is -1.42. The SMILES string of the molecule is CC1(Cn2cc(-c3cc4c(nc3Cl)C(F)CC4)cn2)CCCC1. The smallest absolute Gasteiger partial charge is 0.143 e. The van der Waals surface area contributed by atoms with Crippen LogP contribution in [0.1, 0.15) is 56.5 Å². The first kappa shape index (κ1) is 15.1. The number of nitrogens with zero attached hydrogens (tertiary/aromatic N) is 3. The fraction of sp³-hybridized carbons (Fsp3) is 0.556. The summed E-state index contributed by atoms with van der Waals surface area (Å²) in [7, 11) is 0. The molecule has 23 heavy (non-hydrogen) atoms. The summed E-state index contributed by atoms with van der Waals surface area (Å²) >= 11 is 6.30. The minimum absolute atomic E-state index is 0.352. The second kappa shape index (κ2) is 5.59. The van der Waals surface area contributed by atoms with Gasteiger partial charge in [0.05, 0.1) is 11.9 Å². The van der Waals surface area contributed by atoms with Gasteiger partial charge >= 0.3 is 0 Å². The normalized spacial score (nSPS) is 22.5. The lowest BCUT2D eigenvalue weighted by molar-refractivity contribution is 0.268. The summed E-state index contributed by atoms with van der Waals surface area (Å²) in [5.74, 6) is 0. The van der Waals surface area contributed by atoms with Gasteiger partial charge in [0.15, 0.2) is 0 Å². The van der Waals surface area contributed by atoms with E-state index >= 15 is 0 Å². The highest BCUT2D eigenvalue weighted by Crippen LogP contribution is 2.40. The van der Waals surface area contributed by atoms with E-state index in [1.807, 2.05) is 23.1 Å². The molecule has 1 atom stereocenters. The summed E-state index contributed by atoms with van der Waals surface area (Å²) in [6.45, 7) is 3.28. The van der Waals surface area contributed by atoms with Crippen molar-refractivity contribution in [3.05, 3.63) is 34.9 Å². The van der Waals surface area contributed by atoms with E-state index < -0.39 is 6.17 Å². The first-order valence-corrected chi connectivity index (χ1v) is 8.78. The van der Waals surface area contributed by atoms with Crippen LogP contribution in [0, 0.1) is 5.41 Å². The van der Waals surface area contributed by atoms with Crippen molar-refractivity contribution in [1.29, 1.82) is 0 Å². The van der Waals surface area contributed by atoms with E-state index in [1.54, 1.807) is 0 Å². The lowest BCUT2D eigenvalue weighted by Gasteiger charge is -2.22. The molecule has 2 aromatic rings. The third-order valence-corrected chi connectivity index (χ3v) is 5.64. The van der Waals surface area contributed by atoms with Gasteiger partial charge in [-0.05, 0) is 42.7 Å². The van der Waals surface area contributed by atoms with Crippen molar-refractivity contribution in [3.63, 3.8) is 0 Å². The highest BCUT2D eigenvalue weighted by atomic mass is 35.5. The van der Waals surface area contributed by atoms with Crippen molar-refractivity contribution < 1.29 is 4.39 Å². The minimum atomic E-state index is -0.971. The molecule has 0 bridgehead atoms. The van der Waals surface area contributed by atoms with Crippen LogP contribution in [-0.2, 0) is 13.0 Å². The van der Waals surface area contributed by atoms with Gasteiger partial charge in [0, 0.05) is 23.9 Å². The standard InChI is InChI=1S/C18H21ClFN3/c1-18(6-2-3-7-18)11-23-10-13(9-21-23)14-8-12-4-5-15(20)16(12)22-17(14)19/h8-10,15H,2-7,11H2,1H3. The molecule has 122 valence electrons. The maximum absolute atomic E-state index is 13.8. The van der Waals surface area contributed by atoms with E-state index in [-0.39, 0.29) is 0 Å². The van der Waals surface area contributed by atoms with Gasteiger partial charge in [0.2, 0.25) is 0 Å². The maximum atomic E-state index is 13.8. The Morgan fingerprint density at radius 2 is 2.17 bits per heavy atom. The molecule has 2 aromatic heterocycles. The molecule has 1 fully saturated rings. The predicted molar refractivity (Wildman–Crippen MR) is 89.2 cm³/mol. The first-order chi connectivity index (χ1) is 11.0. The zero-order valence-electron chi connectivity index (χ0n) is 13.4. The fourth-order valence-electron chi connectivity index (χ4n) is 4.01. The summed E-state index contributed by atoms with van der Waals surface area (Å²) in [4.78, 5) is 4.29. The average Bonchev–Trinajstić information content (AvgIpc) is 3.22. The van der Waals surface area contributed by atoms with E-state index in [2.05, 4.69) is 17.0 Å². The number of halogens is 2. The van der Waals surface area contributed by atoms with Crippen LogP contribution in [-0.4, -0.2) is 14.8 Å². The Balaban J connectivity index is 1.62. The molecule has 0 aromatic carbocycles. The molecule has 0 N–H and O–H groups in total. The number of aryl methyl sites for hydroxylation is 1. The molecule has 0 radical (unpaired) electrons. The van der Waals surface area contributed by atoms with E-state index in [1.165, 1.54) is 25.7 Å². The number of hydrogen-bond donors (Lipinski definition) is 0. The maximum Gasteiger partial charge on any atom is 0.143 e. The van der Waals surface area contributed by atoms with Gasteiger partial charge in [-0.3, -0.25) is 4.68 Å². The van der Waals surface area contributed by atoms with Crippen LogP contribution in [0.5, 0.6) is 0 Å². The fourth-order valence-corrected chi connectivity index (χ4v) is 4.26. The Morgan fingerprint density at radius 1 is 1.39 bits per heavy atom. The van der Waals surface area contributed by atoms with Crippen LogP contribution >= 0.6 is 11.6 Å². The van der Waals surface area contributed by atoms with Crippen molar-refractivity contribution in [2.45, 2.75) is 58.2 Å². The molecule has 5 heteroatoms. The van der Waals surface area contributed by atoms with E-state index in [0.717, 1.165) is 29.7 Å². The first-order valence-electron chi connectivity index (χ1n) is 8.40. The number of fused-ring (bicyclic) bond motifs is 1. The topological polar surface area (TPSA) is 30.7 Å². The monoisotopic (exact) mass is 333 g/mol. The Morgan fingerprint density at radius 3 is 2.96 bits per heavy atom. The van der Waals surface area contributed by atoms with Crippen LogP contribution < -0.4 is 0 Å². The molecule has 3 nitrogen and oxygen atoms in total. The lowest BCUT2D eigenvalue weighted by atomic mass is 9.89. The van der Waals surface area contributed by atoms with Crippen molar-refractivity contribution in [2.24, 2.45) is 5.41 Å². The predicted octanol–water partition coefficient (Wildman–Crippen LogP) is 5.14. The summed E-state index contributed by atoms with van der Waals surface area (Å²) in [6, 6.07) is 1.99. The summed E-state index contributed by atoms with van der Waals surface area (Å²) in [5, 5.41) is 4.88. The van der Waals surface area contributed by atoms with Gasteiger partial charge in [0.25, 0.3) is 0 Å². The van der Waals surface area contributed by atoms with Gasteiger partial charge in [-0.15, -0.1) is 0 Å². The second-order valence-corrected chi connectivity index (χ2v) is 7.68. The molecular formula is C18H21ClFN3. The molecule has 2 aliphatic carbocycles. The third-order valence-electron chi connectivity index (χ3n) is 5.35. The van der Waals surface area contributed by atoms with Crippen molar-refractivity contribution in [1.82, 2.24) is 14.8 Å². The number of aromatic nitrogens is 3. The van der Waals surface area contributed by atoms with E-state index in [0.29, 0.717) is 22.7 Å². The summed E-state index contributed by atoms with van der Waals surface area (Å²) < 4.78 is 15.8. The largest absolute Gasteiger partial charge is 0.272 e. The van der Waals surface area contributed by atoms with Crippen LogP contribution in [0.4, 0.5) is 4.39 Å². The van der Waals surface area contributed by atoms with E-state index in [4.69, 9.17) is 11.6 Å². The van der Waals surface area contributed by atoms with E-state index in [9.17, 15) is 4.39 Å². The van der Waals surface area contributed by atoms with Crippen LogP contribution in [0.25, 0.3) is 11.1 Å². The number of alkyl halides is 1. The van der Waals surface area contributed by atoms with Crippen LogP contribution in [0.3, 0.4) is 0 Å². The molecule has 0 amide bonds. The molecule has 4 rings (SSSR count).